The van der Waals surface area contributed by atoms with Gasteiger partial charge in [-0.25, -0.2) is 13.8 Å². The summed E-state index contributed by atoms with van der Waals surface area (Å²) < 4.78 is 26.1. The number of aromatic nitrogens is 2. The summed E-state index contributed by atoms with van der Waals surface area (Å²) in [5, 5.41) is 0. The minimum atomic E-state index is -0.635. The second-order valence-corrected chi connectivity index (χ2v) is 3.33. The van der Waals surface area contributed by atoms with Crippen molar-refractivity contribution in [1.82, 2.24) is 9.97 Å². The summed E-state index contributed by atoms with van der Waals surface area (Å²) in [5.74, 6) is -1.23. The standard InChI is InChI=1S/C7H3F2IN2/c8-3-1-4(9)6-5(2-3)11-7(10)12-6/h1-2H,(H,11,12). The first kappa shape index (κ1) is 7.90. The first-order chi connectivity index (χ1) is 5.66. The lowest BCUT2D eigenvalue weighted by Gasteiger charge is -1.90. The van der Waals surface area contributed by atoms with Crippen LogP contribution in [0.2, 0.25) is 0 Å². The van der Waals surface area contributed by atoms with E-state index in [0.29, 0.717) is 9.35 Å². The van der Waals surface area contributed by atoms with E-state index in [2.05, 4.69) is 9.97 Å². The van der Waals surface area contributed by atoms with Gasteiger partial charge in [-0.3, -0.25) is 0 Å². The zero-order valence-electron chi connectivity index (χ0n) is 5.74. The predicted octanol–water partition coefficient (Wildman–Crippen LogP) is 2.45. The molecule has 0 atom stereocenters. The van der Waals surface area contributed by atoms with Gasteiger partial charge in [0.2, 0.25) is 0 Å². The summed E-state index contributed by atoms with van der Waals surface area (Å²) in [6.07, 6.45) is 0. The summed E-state index contributed by atoms with van der Waals surface area (Å²) in [5.41, 5.74) is 0.567. The average Bonchev–Trinajstić information content (AvgIpc) is 2.29. The molecule has 1 aromatic heterocycles. The van der Waals surface area contributed by atoms with Crippen LogP contribution in [0.1, 0.15) is 0 Å². The molecular weight excluding hydrogens is 277 g/mol. The van der Waals surface area contributed by atoms with Crippen LogP contribution in [0.5, 0.6) is 0 Å². The van der Waals surface area contributed by atoms with Crippen molar-refractivity contribution < 1.29 is 8.78 Å². The smallest absolute Gasteiger partial charge is 0.169 e. The maximum absolute atomic E-state index is 12.9. The molecule has 0 aliphatic heterocycles. The van der Waals surface area contributed by atoms with Crippen molar-refractivity contribution in [3.63, 3.8) is 0 Å². The Labute approximate surface area is 80.1 Å². The molecule has 0 aliphatic rings. The zero-order chi connectivity index (χ0) is 8.72. The largest absolute Gasteiger partial charge is 0.333 e. The topological polar surface area (TPSA) is 28.7 Å². The Morgan fingerprint density at radius 3 is 2.83 bits per heavy atom. The van der Waals surface area contributed by atoms with E-state index in [-0.39, 0.29) is 5.52 Å². The number of benzene rings is 1. The van der Waals surface area contributed by atoms with Crippen LogP contribution in [0, 0.1) is 15.5 Å². The van der Waals surface area contributed by atoms with Crippen molar-refractivity contribution in [2.24, 2.45) is 0 Å². The van der Waals surface area contributed by atoms with Crippen molar-refractivity contribution in [3.05, 3.63) is 27.6 Å². The monoisotopic (exact) mass is 280 g/mol. The van der Waals surface area contributed by atoms with Crippen LogP contribution in [0.15, 0.2) is 12.1 Å². The van der Waals surface area contributed by atoms with Crippen LogP contribution in [0.25, 0.3) is 11.0 Å². The molecule has 0 bridgehead atoms. The highest BCUT2D eigenvalue weighted by molar-refractivity contribution is 14.1. The fourth-order valence-corrected chi connectivity index (χ4v) is 1.54. The van der Waals surface area contributed by atoms with E-state index in [1.807, 2.05) is 22.6 Å². The Kier molecular flexibility index (Phi) is 1.75. The van der Waals surface area contributed by atoms with Crippen LogP contribution < -0.4 is 0 Å². The SMILES string of the molecule is Fc1cc(F)c2nc(I)[nH]c2c1. The number of aromatic amines is 1. The molecular formula is C7H3F2IN2. The maximum Gasteiger partial charge on any atom is 0.169 e. The highest BCUT2D eigenvalue weighted by Crippen LogP contribution is 2.17. The van der Waals surface area contributed by atoms with Crippen LogP contribution >= 0.6 is 22.6 Å². The molecule has 0 spiro atoms. The van der Waals surface area contributed by atoms with Gasteiger partial charge >= 0.3 is 0 Å². The second kappa shape index (κ2) is 2.65. The Bertz CT molecular complexity index is 438. The molecule has 0 radical (unpaired) electrons. The molecule has 0 amide bonds. The number of nitrogens with one attached hydrogen (secondary N) is 1. The van der Waals surface area contributed by atoms with Gasteiger partial charge in [0.15, 0.2) is 9.65 Å². The van der Waals surface area contributed by atoms with Gasteiger partial charge < -0.3 is 4.98 Å². The molecule has 2 aromatic rings. The third-order valence-electron chi connectivity index (χ3n) is 1.48. The summed E-state index contributed by atoms with van der Waals surface area (Å²) >= 11 is 1.91. The molecule has 0 fully saturated rings. The molecule has 2 nitrogen and oxygen atoms in total. The summed E-state index contributed by atoms with van der Waals surface area (Å²) in [7, 11) is 0. The number of H-pyrrole nitrogens is 1. The molecule has 1 N–H and O–H groups in total. The number of nitrogens with zero attached hydrogens (tertiary/aromatic N) is 1. The minimum absolute atomic E-state index is 0.181. The molecule has 0 aliphatic carbocycles. The molecule has 1 aromatic carbocycles. The lowest BCUT2D eigenvalue weighted by atomic mass is 10.3. The first-order valence-electron chi connectivity index (χ1n) is 3.17. The molecule has 0 saturated carbocycles. The van der Waals surface area contributed by atoms with E-state index in [4.69, 9.17) is 0 Å². The fourth-order valence-electron chi connectivity index (χ4n) is 1.01. The van der Waals surface area contributed by atoms with Crippen molar-refractivity contribution in [2.75, 3.05) is 0 Å². The summed E-state index contributed by atoms with van der Waals surface area (Å²) in [6.45, 7) is 0. The fraction of sp³-hybridized carbons (Fsp3) is 0. The number of hydrogen-bond donors (Lipinski definition) is 1. The highest BCUT2D eigenvalue weighted by atomic mass is 127. The Balaban J connectivity index is 2.88. The van der Waals surface area contributed by atoms with Gasteiger partial charge in [-0.1, -0.05) is 0 Å². The highest BCUT2D eigenvalue weighted by Gasteiger charge is 2.07. The third-order valence-corrected chi connectivity index (χ3v) is 1.99. The van der Waals surface area contributed by atoms with Crippen LogP contribution in [0.4, 0.5) is 8.78 Å². The summed E-state index contributed by atoms with van der Waals surface area (Å²) in [6, 6.07) is 2.03. The number of imidazole rings is 1. The normalized spacial score (nSPS) is 10.9. The van der Waals surface area contributed by atoms with Crippen molar-refractivity contribution in [2.45, 2.75) is 0 Å². The maximum atomic E-state index is 12.9. The van der Waals surface area contributed by atoms with E-state index in [9.17, 15) is 8.78 Å². The van der Waals surface area contributed by atoms with Crippen LogP contribution in [-0.4, -0.2) is 9.97 Å². The quantitative estimate of drug-likeness (QED) is 0.738. The van der Waals surface area contributed by atoms with Crippen molar-refractivity contribution in [1.29, 1.82) is 0 Å². The van der Waals surface area contributed by atoms with Gasteiger partial charge in [-0.2, -0.15) is 0 Å². The molecule has 5 heteroatoms. The minimum Gasteiger partial charge on any atom is -0.333 e. The van der Waals surface area contributed by atoms with E-state index in [1.54, 1.807) is 0 Å². The van der Waals surface area contributed by atoms with Gasteiger partial charge in [0.05, 0.1) is 5.52 Å². The average molecular weight is 280 g/mol. The first-order valence-corrected chi connectivity index (χ1v) is 4.25. The Morgan fingerprint density at radius 2 is 2.08 bits per heavy atom. The summed E-state index contributed by atoms with van der Waals surface area (Å²) in [4.78, 5) is 6.58. The number of rotatable bonds is 0. The molecule has 0 saturated heterocycles. The van der Waals surface area contributed by atoms with Gasteiger partial charge in [0.1, 0.15) is 11.3 Å². The van der Waals surface area contributed by atoms with Gasteiger partial charge in [0.25, 0.3) is 0 Å². The van der Waals surface area contributed by atoms with Gasteiger partial charge in [-0.05, 0) is 28.7 Å². The van der Waals surface area contributed by atoms with Crippen LogP contribution in [-0.2, 0) is 0 Å². The van der Waals surface area contributed by atoms with Crippen molar-refractivity contribution in [3.8, 4) is 0 Å². The Hall–Kier alpha value is -0.720. The lowest BCUT2D eigenvalue weighted by Crippen LogP contribution is -1.81. The number of fused-ring (bicyclic) bond motifs is 1. The number of hydrogen-bond acceptors (Lipinski definition) is 1. The number of halogens is 3. The Morgan fingerprint density at radius 1 is 1.33 bits per heavy atom. The molecule has 1 heterocycles. The molecule has 0 unspecified atom stereocenters. The van der Waals surface area contributed by atoms with E-state index >= 15 is 0 Å². The van der Waals surface area contributed by atoms with E-state index in [1.165, 1.54) is 6.07 Å². The molecule has 2 rings (SSSR count). The van der Waals surface area contributed by atoms with Gasteiger partial charge in [-0.15, -0.1) is 0 Å². The molecule has 62 valence electrons. The van der Waals surface area contributed by atoms with Crippen LogP contribution in [0.3, 0.4) is 0 Å². The van der Waals surface area contributed by atoms with E-state index < -0.39 is 11.6 Å². The van der Waals surface area contributed by atoms with Gasteiger partial charge in [0, 0.05) is 6.07 Å². The lowest BCUT2D eigenvalue weighted by molar-refractivity contribution is 0.590. The predicted molar refractivity (Wildman–Crippen MR) is 48.7 cm³/mol. The zero-order valence-corrected chi connectivity index (χ0v) is 7.89. The van der Waals surface area contributed by atoms with E-state index in [0.717, 1.165) is 6.07 Å². The second-order valence-electron chi connectivity index (χ2n) is 2.31. The molecule has 12 heavy (non-hydrogen) atoms. The third kappa shape index (κ3) is 1.17. The van der Waals surface area contributed by atoms with Crippen molar-refractivity contribution >= 4 is 33.6 Å².